The number of fused-ring (bicyclic) bond motifs is 5. The van der Waals surface area contributed by atoms with Crippen molar-refractivity contribution >= 4 is 39.1 Å². The fourth-order valence-corrected chi connectivity index (χ4v) is 6.80. The average Bonchev–Trinajstić information content (AvgIpc) is 3.44. The predicted molar refractivity (Wildman–Crippen MR) is 144 cm³/mol. The molecule has 0 N–H and O–H groups in total. The number of hydrogen-bond acceptors (Lipinski definition) is 8. The van der Waals surface area contributed by atoms with Gasteiger partial charge in [0.15, 0.2) is 11.4 Å². The van der Waals surface area contributed by atoms with Gasteiger partial charge in [-0.2, -0.15) is 0 Å². The molecule has 10 heteroatoms. The molecule has 0 fully saturated rings. The average molecular weight is 529 g/mol. The van der Waals surface area contributed by atoms with Crippen LogP contribution in [0.5, 0.6) is 0 Å². The molecule has 4 aromatic rings. The van der Waals surface area contributed by atoms with Crippen LogP contribution in [-0.4, -0.2) is 50.5 Å². The van der Waals surface area contributed by atoms with E-state index in [0.717, 1.165) is 38.3 Å². The fourth-order valence-electron chi connectivity index (χ4n) is 4.62. The van der Waals surface area contributed by atoms with Gasteiger partial charge in [-0.15, -0.1) is 21.5 Å². The van der Waals surface area contributed by atoms with Gasteiger partial charge in [0, 0.05) is 24.5 Å². The van der Waals surface area contributed by atoms with Gasteiger partial charge in [0.1, 0.15) is 4.83 Å². The van der Waals surface area contributed by atoms with Crippen LogP contribution in [0.3, 0.4) is 0 Å². The van der Waals surface area contributed by atoms with Crippen LogP contribution in [0.2, 0.25) is 0 Å². The molecule has 3 aromatic heterocycles. The first-order valence-electron chi connectivity index (χ1n) is 12.4. The number of aromatic nitrogens is 4. The maximum atomic E-state index is 14.1. The van der Waals surface area contributed by atoms with Gasteiger partial charge in [0.2, 0.25) is 5.78 Å². The van der Waals surface area contributed by atoms with Crippen molar-refractivity contribution in [2.45, 2.75) is 65.2 Å². The maximum absolute atomic E-state index is 14.1. The largest absolute Gasteiger partial charge is 0.372 e. The summed E-state index contributed by atoms with van der Waals surface area (Å²) in [7, 11) is 0. The van der Waals surface area contributed by atoms with Crippen molar-refractivity contribution in [3.63, 3.8) is 0 Å². The lowest BCUT2D eigenvalue weighted by Crippen LogP contribution is -2.28. The molecule has 1 aliphatic rings. The Morgan fingerprint density at radius 1 is 1.22 bits per heavy atom. The van der Waals surface area contributed by atoms with E-state index in [1.807, 2.05) is 49.4 Å². The van der Waals surface area contributed by atoms with Gasteiger partial charge >= 0.3 is 0 Å². The first kappa shape index (κ1) is 25.4. The van der Waals surface area contributed by atoms with Gasteiger partial charge in [0.25, 0.3) is 5.56 Å². The highest BCUT2D eigenvalue weighted by Crippen LogP contribution is 2.37. The molecule has 8 nitrogen and oxygen atoms in total. The summed E-state index contributed by atoms with van der Waals surface area (Å²) in [5.41, 5.74) is 2.89. The highest BCUT2D eigenvalue weighted by molar-refractivity contribution is 7.99. The van der Waals surface area contributed by atoms with E-state index in [9.17, 15) is 4.79 Å². The van der Waals surface area contributed by atoms with Crippen LogP contribution in [0, 0.1) is 12.8 Å². The zero-order chi connectivity index (χ0) is 25.4. The van der Waals surface area contributed by atoms with Crippen molar-refractivity contribution < 1.29 is 14.2 Å². The highest BCUT2D eigenvalue weighted by Gasteiger charge is 2.30. The van der Waals surface area contributed by atoms with Gasteiger partial charge in [-0.25, -0.2) is 8.97 Å². The van der Waals surface area contributed by atoms with E-state index in [1.165, 1.54) is 11.8 Å². The van der Waals surface area contributed by atoms with Gasteiger partial charge in [-0.1, -0.05) is 37.7 Å². The molecular formula is C26H32N4O4S2. The van der Waals surface area contributed by atoms with E-state index >= 15 is 0 Å². The second-order valence-electron chi connectivity index (χ2n) is 9.23. The van der Waals surface area contributed by atoms with Crippen molar-refractivity contribution in [2.75, 3.05) is 19.0 Å². The second kappa shape index (κ2) is 10.6. The summed E-state index contributed by atoms with van der Waals surface area (Å²) >= 11 is 3.13. The summed E-state index contributed by atoms with van der Waals surface area (Å²) in [5.74, 6) is 1.44. The molecule has 0 saturated heterocycles. The zero-order valence-corrected chi connectivity index (χ0v) is 22.9. The molecule has 1 aliphatic heterocycles. The molecule has 0 spiro atoms. The number of ether oxygens (including phenoxy) is 3. The molecule has 0 bridgehead atoms. The van der Waals surface area contributed by atoms with Crippen molar-refractivity contribution in [3.8, 4) is 5.69 Å². The van der Waals surface area contributed by atoms with Crippen molar-refractivity contribution in [2.24, 2.45) is 5.92 Å². The molecule has 1 atom stereocenters. The fraction of sp³-hybridized carbons (Fsp3) is 0.500. The molecule has 0 unspecified atom stereocenters. The van der Waals surface area contributed by atoms with Crippen LogP contribution < -0.4 is 5.56 Å². The SMILES string of the molecule is CCOC(CSc1nnc2n(-c3cccc(C)c3)c(=O)c3c4c(sc3n12)CO[C@@H](C(C)C)C4)OCC. The Hall–Kier alpha value is -2.24. The summed E-state index contributed by atoms with van der Waals surface area (Å²) in [4.78, 5) is 16.1. The van der Waals surface area contributed by atoms with E-state index in [1.54, 1.807) is 15.9 Å². The lowest BCUT2D eigenvalue weighted by Gasteiger charge is -2.26. The first-order valence-corrected chi connectivity index (χ1v) is 14.2. The molecular weight excluding hydrogens is 496 g/mol. The summed E-state index contributed by atoms with van der Waals surface area (Å²) < 4.78 is 21.3. The third kappa shape index (κ3) is 4.61. The molecule has 5 rings (SSSR count). The minimum atomic E-state index is -0.340. The zero-order valence-electron chi connectivity index (χ0n) is 21.3. The number of rotatable bonds is 9. The van der Waals surface area contributed by atoms with Gasteiger partial charge in [-0.3, -0.25) is 4.79 Å². The Morgan fingerprint density at radius 3 is 2.69 bits per heavy atom. The van der Waals surface area contributed by atoms with Crippen LogP contribution in [0.4, 0.5) is 0 Å². The normalized spacial score (nSPS) is 16.0. The third-order valence-electron chi connectivity index (χ3n) is 6.40. The topological polar surface area (TPSA) is 79.9 Å². The molecule has 1 aromatic carbocycles. The van der Waals surface area contributed by atoms with E-state index in [4.69, 9.17) is 14.2 Å². The summed E-state index contributed by atoms with van der Waals surface area (Å²) in [5, 5.41) is 10.5. The number of benzene rings is 1. The van der Waals surface area contributed by atoms with E-state index in [-0.39, 0.29) is 18.0 Å². The van der Waals surface area contributed by atoms with E-state index in [2.05, 4.69) is 24.0 Å². The number of aryl methyl sites for hydroxylation is 1. The lowest BCUT2D eigenvalue weighted by molar-refractivity contribution is -0.120. The van der Waals surface area contributed by atoms with Gasteiger partial charge < -0.3 is 14.2 Å². The number of thiophene rings is 1. The minimum Gasteiger partial charge on any atom is -0.372 e. The smallest absolute Gasteiger partial charge is 0.268 e. The summed E-state index contributed by atoms with van der Waals surface area (Å²) in [6, 6.07) is 7.94. The lowest BCUT2D eigenvalue weighted by atomic mass is 9.96. The Kier molecular flexibility index (Phi) is 7.50. The van der Waals surface area contributed by atoms with Crippen LogP contribution in [0.1, 0.15) is 43.7 Å². The summed E-state index contributed by atoms with van der Waals surface area (Å²) in [6.07, 6.45) is 0.473. The molecule has 0 saturated carbocycles. The molecule has 192 valence electrons. The van der Waals surface area contributed by atoms with Crippen LogP contribution in [0.15, 0.2) is 34.2 Å². The maximum Gasteiger partial charge on any atom is 0.268 e. The molecule has 4 heterocycles. The third-order valence-corrected chi connectivity index (χ3v) is 8.55. The Bertz CT molecular complexity index is 1440. The van der Waals surface area contributed by atoms with E-state index in [0.29, 0.717) is 42.4 Å². The van der Waals surface area contributed by atoms with Crippen molar-refractivity contribution in [1.29, 1.82) is 0 Å². The highest BCUT2D eigenvalue weighted by atomic mass is 32.2. The van der Waals surface area contributed by atoms with E-state index < -0.39 is 0 Å². The predicted octanol–water partition coefficient (Wildman–Crippen LogP) is 4.99. The van der Waals surface area contributed by atoms with Crippen molar-refractivity contribution in [1.82, 2.24) is 19.2 Å². The molecule has 0 radical (unpaired) electrons. The Morgan fingerprint density at radius 2 is 2.00 bits per heavy atom. The molecule has 0 aliphatic carbocycles. The van der Waals surface area contributed by atoms with Crippen molar-refractivity contribution in [3.05, 3.63) is 50.6 Å². The Labute approximate surface area is 218 Å². The van der Waals surface area contributed by atoms with Crippen LogP contribution in [-0.2, 0) is 27.2 Å². The number of nitrogens with zero attached hydrogens (tertiary/aromatic N) is 4. The molecule has 0 amide bonds. The second-order valence-corrected chi connectivity index (χ2v) is 11.3. The van der Waals surface area contributed by atoms with Crippen LogP contribution >= 0.6 is 23.1 Å². The standard InChI is InChI=1S/C26H32N4O4S2/c1-6-32-21(33-7-2)14-35-26-28-27-25-29(17-10-8-9-16(5)11-17)23(31)22-18-12-19(15(3)4)34-13-20(18)36-24(22)30(25)26/h8-11,15,19,21H,6-7,12-14H2,1-5H3/t19-/m1/s1. The monoisotopic (exact) mass is 528 g/mol. The number of hydrogen-bond donors (Lipinski definition) is 0. The summed E-state index contributed by atoms with van der Waals surface area (Å²) in [6.45, 7) is 11.9. The first-order chi connectivity index (χ1) is 17.4. The van der Waals surface area contributed by atoms with Gasteiger partial charge in [-0.05, 0) is 49.9 Å². The molecule has 36 heavy (non-hydrogen) atoms. The van der Waals surface area contributed by atoms with Crippen LogP contribution in [0.25, 0.3) is 21.7 Å². The quantitative estimate of drug-likeness (QED) is 0.224. The minimum absolute atomic E-state index is 0.0598. The Balaban J connectivity index is 1.72. The number of thioether (sulfide) groups is 1. The van der Waals surface area contributed by atoms with Gasteiger partial charge in [0.05, 0.1) is 29.5 Å².